The van der Waals surface area contributed by atoms with Crippen LogP contribution >= 0.6 is 0 Å². The van der Waals surface area contributed by atoms with Crippen molar-refractivity contribution in [3.8, 4) is 0 Å². The summed E-state index contributed by atoms with van der Waals surface area (Å²) in [6.45, 7) is 11.8. The lowest BCUT2D eigenvalue weighted by Gasteiger charge is -2.24. The van der Waals surface area contributed by atoms with Gasteiger partial charge in [-0.1, -0.05) is 34.1 Å². The fourth-order valence-corrected chi connectivity index (χ4v) is 1.77. The van der Waals surface area contributed by atoms with Crippen LogP contribution in [0.3, 0.4) is 0 Å². The zero-order chi connectivity index (χ0) is 11.5. The molecule has 0 rings (SSSR count). The van der Waals surface area contributed by atoms with Gasteiger partial charge < -0.3 is 10.1 Å². The molecule has 0 aromatic rings. The first-order chi connectivity index (χ1) is 7.26. The van der Waals surface area contributed by atoms with Crippen LogP contribution in [-0.4, -0.2) is 25.8 Å². The smallest absolute Gasteiger partial charge is 0.0622 e. The number of hydrogen-bond donors (Lipinski definition) is 1. The number of nitrogens with one attached hydrogen (secondary N) is 1. The SMILES string of the molecule is CCCNC(COCCC)C(C)CCC. The van der Waals surface area contributed by atoms with Crippen LogP contribution in [0, 0.1) is 5.92 Å². The molecule has 2 unspecified atom stereocenters. The zero-order valence-corrected chi connectivity index (χ0v) is 11.0. The van der Waals surface area contributed by atoms with E-state index in [0.717, 1.165) is 32.1 Å². The van der Waals surface area contributed by atoms with E-state index in [1.807, 2.05) is 0 Å². The predicted octanol–water partition coefficient (Wildman–Crippen LogP) is 3.22. The van der Waals surface area contributed by atoms with Crippen LogP contribution in [0.25, 0.3) is 0 Å². The van der Waals surface area contributed by atoms with Gasteiger partial charge >= 0.3 is 0 Å². The van der Waals surface area contributed by atoms with Gasteiger partial charge in [0.1, 0.15) is 0 Å². The van der Waals surface area contributed by atoms with E-state index in [0.29, 0.717) is 6.04 Å². The Morgan fingerprint density at radius 2 is 1.80 bits per heavy atom. The Kier molecular flexibility index (Phi) is 10.4. The summed E-state index contributed by atoms with van der Waals surface area (Å²) in [5, 5.41) is 3.59. The summed E-state index contributed by atoms with van der Waals surface area (Å²) in [6, 6.07) is 0.538. The minimum Gasteiger partial charge on any atom is -0.380 e. The third-order valence-corrected chi connectivity index (χ3v) is 2.73. The molecule has 0 fully saturated rings. The van der Waals surface area contributed by atoms with E-state index in [4.69, 9.17) is 4.74 Å². The molecule has 92 valence electrons. The molecule has 0 bridgehead atoms. The van der Waals surface area contributed by atoms with Crippen molar-refractivity contribution in [1.29, 1.82) is 0 Å². The monoisotopic (exact) mass is 215 g/mol. The first kappa shape index (κ1) is 14.9. The number of ether oxygens (including phenoxy) is 1. The lowest BCUT2D eigenvalue weighted by Crippen LogP contribution is -2.39. The second kappa shape index (κ2) is 10.4. The highest BCUT2D eigenvalue weighted by molar-refractivity contribution is 4.72. The average Bonchev–Trinajstić information content (AvgIpc) is 2.23. The highest BCUT2D eigenvalue weighted by Crippen LogP contribution is 2.11. The van der Waals surface area contributed by atoms with Crippen molar-refractivity contribution in [3.63, 3.8) is 0 Å². The maximum atomic E-state index is 5.65. The Balaban J connectivity index is 3.81. The Labute approximate surface area is 95.8 Å². The third-order valence-electron chi connectivity index (χ3n) is 2.73. The average molecular weight is 215 g/mol. The molecule has 0 aliphatic heterocycles. The topological polar surface area (TPSA) is 21.3 Å². The second-order valence-corrected chi connectivity index (χ2v) is 4.40. The molecule has 0 saturated carbocycles. The van der Waals surface area contributed by atoms with Gasteiger partial charge in [-0.2, -0.15) is 0 Å². The summed E-state index contributed by atoms with van der Waals surface area (Å²) in [5.41, 5.74) is 0. The number of rotatable bonds is 10. The molecule has 0 saturated heterocycles. The van der Waals surface area contributed by atoms with Crippen LogP contribution in [0.2, 0.25) is 0 Å². The highest BCUT2D eigenvalue weighted by Gasteiger charge is 2.15. The summed E-state index contributed by atoms with van der Waals surface area (Å²) >= 11 is 0. The fraction of sp³-hybridized carbons (Fsp3) is 1.00. The molecule has 0 spiro atoms. The standard InChI is InChI=1S/C13H29NO/c1-5-8-12(4)13(14-9-6-2)11-15-10-7-3/h12-14H,5-11H2,1-4H3. The van der Waals surface area contributed by atoms with Gasteiger partial charge in [0, 0.05) is 12.6 Å². The molecule has 15 heavy (non-hydrogen) atoms. The van der Waals surface area contributed by atoms with Gasteiger partial charge in [0.15, 0.2) is 0 Å². The Morgan fingerprint density at radius 1 is 1.07 bits per heavy atom. The molecule has 0 radical (unpaired) electrons. The highest BCUT2D eigenvalue weighted by atomic mass is 16.5. The summed E-state index contributed by atoms with van der Waals surface area (Å²) < 4.78 is 5.65. The quantitative estimate of drug-likeness (QED) is 0.565. The van der Waals surface area contributed by atoms with E-state index in [-0.39, 0.29) is 0 Å². The second-order valence-electron chi connectivity index (χ2n) is 4.40. The van der Waals surface area contributed by atoms with Crippen molar-refractivity contribution < 1.29 is 4.74 Å². The van der Waals surface area contributed by atoms with Crippen LogP contribution in [0.1, 0.15) is 53.4 Å². The Morgan fingerprint density at radius 3 is 2.33 bits per heavy atom. The van der Waals surface area contributed by atoms with Gasteiger partial charge in [0.2, 0.25) is 0 Å². The van der Waals surface area contributed by atoms with E-state index >= 15 is 0 Å². The van der Waals surface area contributed by atoms with Crippen LogP contribution in [0.4, 0.5) is 0 Å². The molecule has 2 nitrogen and oxygen atoms in total. The Bertz CT molecular complexity index is 128. The summed E-state index contributed by atoms with van der Waals surface area (Å²) in [4.78, 5) is 0. The summed E-state index contributed by atoms with van der Waals surface area (Å²) in [7, 11) is 0. The van der Waals surface area contributed by atoms with Gasteiger partial charge in [-0.15, -0.1) is 0 Å². The summed E-state index contributed by atoms with van der Waals surface area (Å²) in [5.74, 6) is 0.721. The lowest BCUT2D eigenvalue weighted by molar-refractivity contribution is 0.0942. The molecule has 0 aromatic carbocycles. The van der Waals surface area contributed by atoms with Crippen molar-refractivity contribution in [2.45, 2.75) is 59.4 Å². The van der Waals surface area contributed by atoms with Crippen LogP contribution < -0.4 is 5.32 Å². The molecule has 2 heteroatoms. The lowest BCUT2D eigenvalue weighted by atomic mass is 9.97. The van der Waals surface area contributed by atoms with E-state index in [1.54, 1.807) is 0 Å². The maximum Gasteiger partial charge on any atom is 0.0622 e. The van der Waals surface area contributed by atoms with Crippen molar-refractivity contribution >= 4 is 0 Å². The normalized spacial score (nSPS) is 15.2. The van der Waals surface area contributed by atoms with Crippen molar-refractivity contribution in [2.75, 3.05) is 19.8 Å². The minimum absolute atomic E-state index is 0.538. The van der Waals surface area contributed by atoms with Crippen molar-refractivity contribution in [2.24, 2.45) is 5.92 Å². The van der Waals surface area contributed by atoms with Gasteiger partial charge in [0.05, 0.1) is 6.61 Å². The van der Waals surface area contributed by atoms with Crippen LogP contribution in [-0.2, 0) is 4.74 Å². The molecular formula is C13H29NO. The molecule has 0 heterocycles. The third kappa shape index (κ3) is 7.80. The molecule has 1 N–H and O–H groups in total. The van der Waals surface area contributed by atoms with Gasteiger partial charge in [0.25, 0.3) is 0 Å². The Hall–Kier alpha value is -0.0800. The van der Waals surface area contributed by atoms with Crippen molar-refractivity contribution in [3.05, 3.63) is 0 Å². The van der Waals surface area contributed by atoms with E-state index in [2.05, 4.69) is 33.0 Å². The van der Waals surface area contributed by atoms with E-state index in [9.17, 15) is 0 Å². The van der Waals surface area contributed by atoms with Gasteiger partial charge in [-0.05, 0) is 31.7 Å². The molecule has 0 aliphatic carbocycles. The van der Waals surface area contributed by atoms with Gasteiger partial charge in [-0.25, -0.2) is 0 Å². The maximum absolute atomic E-state index is 5.65. The van der Waals surface area contributed by atoms with Crippen LogP contribution in [0.5, 0.6) is 0 Å². The zero-order valence-electron chi connectivity index (χ0n) is 11.0. The largest absolute Gasteiger partial charge is 0.380 e. The summed E-state index contributed by atoms with van der Waals surface area (Å²) in [6.07, 6.45) is 4.86. The molecule has 0 aliphatic rings. The van der Waals surface area contributed by atoms with Crippen LogP contribution in [0.15, 0.2) is 0 Å². The first-order valence-corrected chi connectivity index (χ1v) is 6.57. The fourth-order valence-electron chi connectivity index (χ4n) is 1.77. The van der Waals surface area contributed by atoms with E-state index < -0.39 is 0 Å². The molecule has 2 atom stereocenters. The van der Waals surface area contributed by atoms with Crippen molar-refractivity contribution in [1.82, 2.24) is 5.32 Å². The number of hydrogen-bond acceptors (Lipinski definition) is 2. The van der Waals surface area contributed by atoms with Gasteiger partial charge in [-0.3, -0.25) is 0 Å². The van der Waals surface area contributed by atoms with E-state index in [1.165, 1.54) is 19.3 Å². The minimum atomic E-state index is 0.538. The predicted molar refractivity (Wildman–Crippen MR) is 67.3 cm³/mol. The first-order valence-electron chi connectivity index (χ1n) is 6.57. The molecular weight excluding hydrogens is 186 g/mol. The molecule has 0 aromatic heterocycles. The molecule has 0 amide bonds.